The minimum Gasteiger partial charge on any atom is -0.444 e. The van der Waals surface area contributed by atoms with E-state index in [1.54, 1.807) is 25.7 Å². The van der Waals surface area contributed by atoms with Crippen LogP contribution >= 0.6 is 0 Å². The van der Waals surface area contributed by atoms with E-state index in [2.05, 4.69) is 5.32 Å². The van der Waals surface area contributed by atoms with Gasteiger partial charge in [-0.2, -0.15) is 0 Å². The van der Waals surface area contributed by atoms with Crippen LogP contribution in [0.1, 0.15) is 53.9 Å². The molecule has 3 amide bonds. The van der Waals surface area contributed by atoms with Crippen molar-refractivity contribution in [2.24, 2.45) is 0 Å². The standard InChI is InChI=1S/C17H29N3O4/c1-11-6-7-13-8-9-19(12(2)21)10-14(15(22)20(11)13)18-16(23)24-17(3,4)5/h11,13-14H,6-10H2,1-5H3,(H,18,23). The maximum absolute atomic E-state index is 13.0. The topological polar surface area (TPSA) is 79.0 Å². The van der Waals surface area contributed by atoms with Crippen molar-refractivity contribution in [3.05, 3.63) is 0 Å². The predicted octanol–water partition coefficient (Wildman–Crippen LogP) is 1.51. The third-order valence-electron chi connectivity index (χ3n) is 4.61. The van der Waals surface area contributed by atoms with Crippen LogP contribution in [0.4, 0.5) is 4.79 Å². The van der Waals surface area contributed by atoms with Crippen molar-refractivity contribution < 1.29 is 19.1 Å². The molecule has 0 spiro atoms. The van der Waals surface area contributed by atoms with E-state index in [-0.39, 0.29) is 30.4 Å². The molecule has 2 aliphatic heterocycles. The Bertz CT molecular complexity index is 514. The number of hydrogen-bond acceptors (Lipinski definition) is 4. The lowest BCUT2D eigenvalue weighted by Gasteiger charge is -2.38. The number of amides is 3. The summed E-state index contributed by atoms with van der Waals surface area (Å²) in [6.07, 6.45) is 2.05. The first-order valence-electron chi connectivity index (χ1n) is 8.65. The average Bonchev–Trinajstić information content (AvgIpc) is 2.78. The molecule has 2 heterocycles. The largest absolute Gasteiger partial charge is 0.444 e. The summed E-state index contributed by atoms with van der Waals surface area (Å²) < 4.78 is 5.27. The molecule has 0 aromatic rings. The van der Waals surface area contributed by atoms with Gasteiger partial charge in [-0.3, -0.25) is 9.59 Å². The van der Waals surface area contributed by atoms with Gasteiger partial charge in [-0.05, 0) is 47.0 Å². The Balaban J connectivity index is 2.18. The Morgan fingerprint density at radius 2 is 1.88 bits per heavy atom. The third kappa shape index (κ3) is 4.39. The Morgan fingerprint density at radius 3 is 2.46 bits per heavy atom. The van der Waals surface area contributed by atoms with Crippen LogP contribution in [0.25, 0.3) is 0 Å². The molecule has 2 fully saturated rings. The normalized spacial score (nSPS) is 28.0. The van der Waals surface area contributed by atoms with E-state index in [1.807, 2.05) is 11.8 Å². The van der Waals surface area contributed by atoms with Gasteiger partial charge in [0.15, 0.2) is 0 Å². The second-order valence-corrected chi connectivity index (χ2v) is 7.78. The molecule has 136 valence electrons. The van der Waals surface area contributed by atoms with Gasteiger partial charge in [-0.1, -0.05) is 0 Å². The molecular weight excluding hydrogens is 310 g/mol. The van der Waals surface area contributed by atoms with E-state index in [0.717, 1.165) is 19.3 Å². The Labute approximate surface area is 143 Å². The zero-order valence-electron chi connectivity index (χ0n) is 15.3. The molecular formula is C17H29N3O4. The lowest BCUT2D eigenvalue weighted by atomic mass is 10.1. The number of hydrogen-bond donors (Lipinski definition) is 1. The van der Waals surface area contributed by atoms with E-state index >= 15 is 0 Å². The van der Waals surface area contributed by atoms with Gasteiger partial charge < -0.3 is 19.9 Å². The number of fused-ring (bicyclic) bond motifs is 1. The molecule has 7 nitrogen and oxygen atoms in total. The first-order chi connectivity index (χ1) is 11.1. The Hall–Kier alpha value is -1.79. The molecule has 0 radical (unpaired) electrons. The number of rotatable bonds is 1. The molecule has 0 aromatic carbocycles. The zero-order chi connectivity index (χ0) is 18.1. The maximum Gasteiger partial charge on any atom is 0.408 e. The summed E-state index contributed by atoms with van der Waals surface area (Å²) >= 11 is 0. The highest BCUT2D eigenvalue weighted by molar-refractivity contribution is 5.87. The molecule has 0 aliphatic carbocycles. The van der Waals surface area contributed by atoms with Crippen LogP contribution in [0.5, 0.6) is 0 Å². The first kappa shape index (κ1) is 18.5. The number of ether oxygens (including phenoxy) is 1. The number of carbonyl (C=O) groups is 3. The zero-order valence-corrected chi connectivity index (χ0v) is 15.3. The van der Waals surface area contributed by atoms with Crippen molar-refractivity contribution in [1.82, 2.24) is 15.1 Å². The van der Waals surface area contributed by atoms with Gasteiger partial charge in [0, 0.05) is 25.6 Å². The molecule has 2 saturated heterocycles. The quantitative estimate of drug-likeness (QED) is 0.785. The molecule has 0 saturated carbocycles. The van der Waals surface area contributed by atoms with Crippen LogP contribution in [-0.2, 0) is 14.3 Å². The molecule has 3 unspecified atom stereocenters. The number of nitrogens with one attached hydrogen (secondary N) is 1. The highest BCUT2D eigenvalue weighted by Crippen LogP contribution is 2.28. The summed E-state index contributed by atoms with van der Waals surface area (Å²) in [6, 6.07) is -0.473. The van der Waals surface area contributed by atoms with E-state index in [4.69, 9.17) is 4.74 Å². The van der Waals surface area contributed by atoms with Crippen LogP contribution < -0.4 is 5.32 Å². The van der Waals surface area contributed by atoms with Gasteiger partial charge in [-0.25, -0.2) is 4.79 Å². The maximum atomic E-state index is 13.0. The van der Waals surface area contributed by atoms with Crippen molar-refractivity contribution in [1.29, 1.82) is 0 Å². The Morgan fingerprint density at radius 1 is 1.21 bits per heavy atom. The average molecular weight is 339 g/mol. The number of carbonyl (C=O) groups excluding carboxylic acids is 3. The van der Waals surface area contributed by atoms with Crippen molar-refractivity contribution in [2.45, 2.75) is 77.6 Å². The van der Waals surface area contributed by atoms with Crippen LogP contribution in [0.15, 0.2) is 0 Å². The second-order valence-electron chi connectivity index (χ2n) is 7.78. The van der Waals surface area contributed by atoms with E-state index in [0.29, 0.717) is 6.54 Å². The summed E-state index contributed by atoms with van der Waals surface area (Å²) in [5.74, 6) is -0.208. The van der Waals surface area contributed by atoms with Crippen LogP contribution in [-0.4, -0.2) is 64.5 Å². The van der Waals surface area contributed by atoms with Crippen molar-refractivity contribution in [2.75, 3.05) is 13.1 Å². The second kappa shape index (κ2) is 6.99. The highest BCUT2D eigenvalue weighted by atomic mass is 16.6. The molecule has 24 heavy (non-hydrogen) atoms. The number of alkyl carbamates (subject to hydrolysis) is 1. The van der Waals surface area contributed by atoms with Gasteiger partial charge >= 0.3 is 6.09 Å². The summed E-state index contributed by atoms with van der Waals surface area (Å²) in [5, 5.41) is 2.66. The molecule has 7 heteroatoms. The van der Waals surface area contributed by atoms with Gasteiger partial charge in [0.05, 0.1) is 6.54 Å². The molecule has 0 aromatic heterocycles. The summed E-state index contributed by atoms with van der Waals surface area (Å²) in [7, 11) is 0. The van der Waals surface area contributed by atoms with Crippen molar-refractivity contribution >= 4 is 17.9 Å². The van der Waals surface area contributed by atoms with Crippen LogP contribution in [0, 0.1) is 0 Å². The van der Waals surface area contributed by atoms with Crippen LogP contribution in [0.3, 0.4) is 0 Å². The fourth-order valence-electron chi connectivity index (χ4n) is 3.47. The lowest BCUT2D eigenvalue weighted by molar-refractivity contribution is -0.140. The number of nitrogens with zero attached hydrogens (tertiary/aromatic N) is 2. The summed E-state index contributed by atoms with van der Waals surface area (Å²) in [4.78, 5) is 40.5. The van der Waals surface area contributed by atoms with Crippen molar-refractivity contribution in [3.63, 3.8) is 0 Å². The minimum atomic E-state index is -0.771. The molecule has 1 N–H and O–H groups in total. The smallest absolute Gasteiger partial charge is 0.408 e. The third-order valence-corrected chi connectivity index (χ3v) is 4.61. The summed E-state index contributed by atoms with van der Waals surface area (Å²) in [5.41, 5.74) is -0.640. The SMILES string of the molecule is CC(=O)N1CCC2CCC(C)N2C(=O)C(NC(=O)OC(C)(C)C)C1. The highest BCUT2D eigenvalue weighted by Gasteiger charge is 2.41. The summed E-state index contributed by atoms with van der Waals surface area (Å²) in [6.45, 7) is 9.62. The van der Waals surface area contributed by atoms with Crippen molar-refractivity contribution in [3.8, 4) is 0 Å². The van der Waals surface area contributed by atoms with Crippen LogP contribution in [0.2, 0.25) is 0 Å². The van der Waals surface area contributed by atoms with E-state index in [1.165, 1.54) is 6.92 Å². The molecule has 0 bridgehead atoms. The fraction of sp³-hybridized carbons (Fsp3) is 0.824. The minimum absolute atomic E-state index is 0.0849. The van der Waals surface area contributed by atoms with Gasteiger partial charge in [0.25, 0.3) is 0 Å². The monoisotopic (exact) mass is 339 g/mol. The Kier molecular flexibility index (Phi) is 5.40. The molecule has 2 aliphatic rings. The predicted molar refractivity (Wildman–Crippen MR) is 89.4 cm³/mol. The molecule has 2 rings (SSSR count). The van der Waals surface area contributed by atoms with Gasteiger partial charge in [0.2, 0.25) is 11.8 Å². The van der Waals surface area contributed by atoms with E-state index < -0.39 is 17.7 Å². The first-order valence-corrected chi connectivity index (χ1v) is 8.65. The van der Waals surface area contributed by atoms with E-state index in [9.17, 15) is 14.4 Å². The lowest BCUT2D eigenvalue weighted by Crippen LogP contribution is -2.59. The molecule has 3 atom stereocenters. The van der Waals surface area contributed by atoms with Gasteiger partial charge in [-0.15, -0.1) is 0 Å². The fourth-order valence-corrected chi connectivity index (χ4v) is 3.47. The van der Waals surface area contributed by atoms with Gasteiger partial charge in [0.1, 0.15) is 11.6 Å².